The third kappa shape index (κ3) is 1.24. The van der Waals surface area contributed by atoms with Gasteiger partial charge in [0.2, 0.25) is 5.95 Å². The molecule has 0 saturated carbocycles. The van der Waals surface area contributed by atoms with Crippen LogP contribution in [0.3, 0.4) is 0 Å². The van der Waals surface area contributed by atoms with Crippen LogP contribution in [0.5, 0.6) is 0 Å². The molecule has 0 aliphatic heterocycles. The van der Waals surface area contributed by atoms with Gasteiger partial charge in [-0.05, 0) is 17.5 Å². The molecule has 0 unspecified atom stereocenters. The molecular formula is C9H12N4. The Morgan fingerprint density at radius 2 is 2.23 bits per heavy atom. The highest BCUT2D eigenvalue weighted by atomic mass is 15.3. The molecule has 0 saturated heterocycles. The molecule has 4 heteroatoms. The molecule has 0 atom stereocenters. The Balaban J connectivity index is 2.75. The van der Waals surface area contributed by atoms with E-state index in [-0.39, 0.29) is 0 Å². The zero-order valence-corrected chi connectivity index (χ0v) is 7.73. The summed E-state index contributed by atoms with van der Waals surface area (Å²) in [5, 5.41) is 4.04. The van der Waals surface area contributed by atoms with Crippen LogP contribution in [0, 0.1) is 0 Å². The van der Waals surface area contributed by atoms with E-state index >= 15 is 0 Å². The minimum atomic E-state index is 0.327. The van der Waals surface area contributed by atoms with Crippen LogP contribution < -0.4 is 5.73 Å². The molecule has 0 aliphatic carbocycles. The molecule has 2 N–H and O–H groups in total. The van der Waals surface area contributed by atoms with Gasteiger partial charge in [-0.3, -0.25) is 0 Å². The second kappa shape index (κ2) is 2.73. The Morgan fingerprint density at radius 1 is 1.46 bits per heavy atom. The fourth-order valence-corrected chi connectivity index (χ4v) is 1.39. The first kappa shape index (κ1) is 8.04. The first-order valence-corrected chi connectivity index (χ1v) is 4.29. The lowest BCUT2D eigenvalue weighted by molar-refractivity contribution is 0.851. The summed E-state index contributed by atoms with van der Waals surface area (Å²) in [6.45, 7) is 4.25. The van der Waals surface area contributed by atoms with Crippen molar-refractivity contribution in [2.45, 2.75) is 19.8 Å². The van der Waals surface area contributed by atoms with Crippen molar-refractivity contribution in [2.24, 2.45) is 0 Å². The van der Waals surface area contributed by atoms with Crippen molar-refractivity contribution in [1.29, 1.82) is 0 Å². The van der Waals surface area contributed by atoms with Crippen molar-refractivity contribution in [2.75, 3.05) is 5.73 Å². The average molecular weight is 176 g/mol. The van der Waals surface area contributed by atoms with Crippen LogP contribution in [0.15, 0.2) is 18.3 Å². The van der Waals surface area contributed by atoms with Crippen LogP contribution in [0.25, 0.3) is 5.65 Å². The summed E-state index contributed by atoms with van der Waals surface area (Å²) in [7, 11) is 0. The quantitative estimate of drug-likeness (QED) is 0.715. The zero-order valence-electron chi connectivity index (χ0n) is 7.73. The predicted molar refractivity (Wildman–Crippen MR) is 51.5 cm³/mol. The lowest BCUT2D eigenvalue weighted by Crippen LogP contribution is -1.94. The van der Waals surface area contributed by atoms with E-state index in [0.29, 0.717) is 11.9 Å². The summed E-state index contributed by atoms with van der Waals surface area (Å²) in [6.07, 6.45) is 1.85. The normalized spacial score (nSPS) is 11.3. The van der Waals surface area contributed by atoms with Gasteiger partial charge in [0.15, 0.2) is 5.65 Å². The number of nitrogen functional groups attached to an aromatic ring is 1. The van der Waals surface area contributed by atoms with E-state index in [1.54, 1.807) is 4.52 Å². The number of anilines is 1. The monoisotopic (exact) mass is 176 g/mol. The lowest BCUT2D eigenvalue weighted by atomic mass is 10.1. The first-order valence-electron chi connectivity index (χ1n) is 4.29. The maximum atomic E-state index is 5.52. The minimum absolute atomic E-state index is 0.327. The topological polar surface area (TPSA) is 56.2 Å². The molecule has 2 aromatic heterocycles. The molecule has 0 bridgehead atoms. The van der Waals surface area contributed by atoms with Gasteiger partial charge >= 0.3 is 0 Å². The molecule has 68 valence electrons. The Morgan fingerprint density at radius 3 is 2.92 bits per heavy atom. The van der Waals surface area contributed by atoms with Gasteiger partial charge in [-0.1, -0.05) is 19.9 Å². The lowest BCUT2D eigenvalue weighted by Gasteiger charge is -2.04. The maximum Gasteiger partial charge on any atom is 0.240 e. The number of nitrogens with zero attached hydrogens (tertiary/aromatic N) is 3. The van der Waals surface area contributed by atoms with E-state index < -0.39 is 0 Å². The molecule has 2 heterocycles. The standard InChI is InChI=1S/C9H12N4/c1-6(2)7-4-3-5-13-8(7)11-9(10)12-13/h3-6H,1-2H3,(H2,10,12). The highest BCUT2D eigenvalue weighted by Crippen LogP contribution is 2.18. The van der Waals surface area contributed by atoms with Gasteiger partial charge in [-0.15, -0.1) is 5.10 Å². The second-order valence-electron chi connectivity index (χ2n) is 3.36. The van der Waals surface area contributed by atoms with Crippen LogP contribution in [-0.4, -0.2) is 14.6 Å². The largest absolute Gasteiger partial charge is 0.366 e. The number of fused-ring (bicyclic) bond motifs is 1. The molecule has 0 aliphatic rings. The highest BCUT2D eigenvalue weighted by molar-refractivity contribution is 5.51. The number of pyridine rings is 1. The Hall–Kier alpha value is -1.58. The van der Waals surface area contributed by atoms with Gasteiger partial charge in [-0.25, -0.2) is 4.52 Å². The number of rotatable bonds is 1. The van der Waals surface area contributed by atoms with Gasteiger partial charge < -0.3 is 5.73 Å². The maximum absolute atomic E-state index is 5.52. The van der Waals surface area contributed by atoms with E-state index in [1.165, 1.54) is 5.56 Å². The minimum Gasteiger partial charge on any atom is -0.366 e. The SMILES string of the molecule is CC(C)c1cccn2nc(N)nc12. The van der Waals surface area contributed by atoms with Crippen molar-refractivity contribution >= 4 is 11.6 Å². The molecule has 0 amide bonds. The van der Waals surface area contributed by atoms with Crippen LogP contribution in [0.2, 0.25) is 0 Å². The van der Waals surface area contributed by atoms with Crippen molar-refractivity contribution in [1.82, 2.24) is 14.6 Å². The fourth-order valence-electron chi connectivity index (χ4n) is 1.39. The van der Waals surface area contributed by atoms with Gasteiger partial charge in [0.1, 0.15) is 0 Å². The molecule has 0 spiro atoms. The summed E-state index contributed by atoms with van der Waals surface area (Å²) >= 11 is 0. The van der Waals surface area contributed by atoms with Crippen molar-refractivity contribution < 1.29 is 0 Å². The van der Waals surface area contributed by atoms with E-state index in [0.717, 1.165) is 5.65 Å². The molecule has 2 aromatic rings. The third-order valence-electron chi connectivity index (χ3n) is 2.03. The van der Waals surface area contributed by atoms with E-state index in [4.69, 9.17) is 5.73 Å². The molecule has 13 heavy (non-hydrogen) atoms. The summed E-state index contributed by atoms with van der Waals surface area (Å²) in [5.41, 5.74) is 7.55. The van der Waals surface area contributed by atoms with E-state index in [1.807, 2.05) is 18.3 Å². The molecule has 0 radical (unpaired) electrons. The predicted octanol–water partition coefficient (Wildman–Crippen LogP) is 1.43. The summed E-state index contributed by atoms with van der Waals surface area (Å²) < 4.78 is 1.71. The van der Waals surface area contributed by atoms with Crippen LogP contribution in [-0.2, 0) is 0 Å². The number of hydrogen-bond donors (Lipinski definition) is 1. The van der Waals surface area contributed by atoms with Crippen molar-refractivity contribution in [3.05, 3.63) is 23.9 Å². The molecule has 0 fully saturated rings. The Labute approximate surface area is 76.4 Å². The van der Waals surface area contributed by atoms with Crippen LogP contribution in [0.1, 0.15) is 25.3 Å². The van der Waals surface area contributed by atoms with E-state index in [9.17, 15) is 0 Å². The summed E-state index contributed by atoms with van der Waals surface area (Å²) in [4.78, 5) is 4.16. The third-order valence-corrected chi connectivity index (χ3v) is 2.03. The number of hydrogen-bond acceptors (Lipinski definition) is 3. The van der Waals surface area contributed by atoms with E-state index in [2.05, 4.69) is 23.9 Å². The van der Waals surface area contributed by atoms with Crippen LogP contribution >= 0.6 is 0 Å². The summed E-state index contributed by atoms with van der Waals surface area (Å²) in [6, 6.07) is 4.00. The van der Waals surface area contributed by atoms with Crippen molar-refractivity contribution in [3.63, 3.8) is 0 Å². The Kier molecular flexibility index (Phi) is 1.69. The molecular weight excluding hydrogens is 164 g/mol. The summed E-state index contributed by atoms with van der Waals surface area (Å²) in [5.74, 6) is 0.764. The van der Waals surface area contributed by atoms with Crippen molar-refractivity contribution in [3.8, 4) is 0 Å². The number of nitrogens with two attached hydrogens (primary N) is 1. The van der Waals surface area contributed by atoms with Gasteiger partial charge in [0.05, 0.1) is 0 Å². The highest BCUT2D eigenvalue weighted by Gasteiger charge is 2.07. The van der Waals surface area contributed by atoms with Crippen LogP contribution in [0.4, 0.5) is 5.95 Å². The van der Waals surface area contributed by atoms with Gasteiger partial charge in [0.25, 0.3) is 0 Å². The Bertz CT molecular complexity index is 430. The fraction of sp³-hybridized carbons (Fsp3) is 0.333. The average Bonchev–Trinajstić information content (AvgIpc) is 2.43. The smallest absolute Gasteiger partial charge is 0.240 e. The number of aromatic nitrogens is 3. The first-order chi connectivity index (χ1) is 6.18. The molecule has 0 aromatic carbocycles. The van der Waals surface area contributed by atoms with Gasteiger partial charge in [-0.2, -0.15) is 4.98 Å². The van der Waals surface area contributed by atoms with Gasteiger partial charge in [0, 0.05) is 6.20 Å². The second-order valence-corrected chi connectivity index (χ2v) is 3.36. The zero-order chi connectivity index (χ0) is 9.42. The molecule has 2 rings (SSSR count). The molecule has 4 nitrogen and oxygen atoms in total.